The molecule has 2 aromatic carbocycles. The van der Waals surface area contributed by atoms with Crippen LogP contribution in [0, 0.1) is 0 Å². The van der Waals surface area contributed by atoms with Gasteiger partial charge in [0.15, 0.2) is 0 Å². The van der Waals surface area contributed by atoms with Crippen molar-refractivity contribution < 1.29 is 4.79 Å². The van der Waals surface area contributed by atoms with Crippen molar-refractivity contribution in [3.63, 3.8) is 0 Å². The molecular formula is C25H27N3O. The summed E-state index contributed by atoms with van der Waals surface area (Å²) < 4.78 is 0. The molecule has 2 heterocycles. The molecule has 0 atom stereocenters. The highest BCUT2D eigenvalue weighted by Crippen LogP contribution is 2.36. The maximum absolute atomic E-state index is 11.8. The number of hydrogen-bond donors (Lipinski definition) is 0. The molecule has 0 fully saturated rings. The van der Waals surface area contributed by atoms with Crippen LogP contribution in [0.5, 0.6) is 0 Å². The second-order valence-electron chi connectivity index (χ2n) is 7.64. The molecule has 0 unspecified atom stereocenters. The van der Waals surface area contributed by atoms with Gasteiger partial charge in [0, 0.05) is 56.8 Å². The summed E-state index contributed by atoms with van der Waals surface area (Å²) >= 11 is 0. The van der Waals surface area contributed by atoms with Gasteiger partial charge in [0.25, 0.3) is 0 Å². The average molecular weight is 386 g/mol. The third-order valence-corrected chi connectivity index (χ3v) is 5.77. The summed E-state index contributed by atoms with van der Waals surface area (Å²) in [6.45, 7) is 0.738. The lowest BCUT2D eigenvalue weighted by Gasteiger charge is -2.30. The summed E-state index contributed by atoms with van der Waals surface area (Å²) in [4.78, 5) is 18.2. The van der Waals surface area contributed by atoms with Crippen LogP contribution < -0.4 is 4.90 Å². The minimum atomic E-state index is 0.632. The van der Waals surface area contributed by atoms with Crippen LogP contribution in [0.2, 0.25) is 0 Å². The van der Waals surface area contributed by atoms with Gasteiger partial charge in [-0.15, -0.1) is 0 Å². The van der Waals surface area contributed by atoms with E-state index in [-0.39, 0.29) is 0 Å². The molecule has 2 aromatic rings. The summed E-state index contributed by atoms with van der Waals surface area (Å²) in [5.74, 6) is 2.20. The fourth-order valence-corrected chi connectivity index (χ4v) is 4.18. The Morgan fingerprint density at radius 1 is 1.03 bits per heavy atom. The number of rotatable bonds is 5. The first-order valence-electron chi connectivity index (χ1n) is 10.2. The molecule has 4 heteroatoms. The number of aryl methyl sites for hydroxylation is 2. The van der Waals surface area contributed by atoms with Crippen molar-refractivity contribution in [2.45, 2.75) is 25.7 Å². The molecule has 4 nitrogen and oxygen atoms in total. The van der Waals surface area contributed by atoms with Gasteiger partial charge in [-0.3, -0.25) is 0 Å². The second kappa shape index (κ2) is 8.42. The lowest BCUT2D eigenvalue weighted by atomic mass is 10.0. The number of para-hydroxylation sites is 2. The van der Waals surface area contributed by atoms with Crippen LogP contribution >= 0.6 is 0 Å². The van der Waals surface area contributed by atoms with E-state index in [4.69, 9.17) is 0 Å². The molecule has 0 amide bonds. The molecule has 0 N–H and O–H groups in total. The lowest BCUT2D eigenvalue weighted by molar-refractivity contribution is 0.453. The molecule has 0 radical (unpaired) electrons. The van der Waals surface area contributed by atoms with Crippen molar-refractivity contribution in [2.75, 3.05) is 25.5 Å². The SMILES string of the molecule is CN1C=CCC(N(C)C(=C=O)CCN2c3ccccc3CCc3ccccc32)=C1. The zero-order chi connectivity index (χ0) is 20.2. The third kappa shape index (κ3) is 3.98. The van der Waals surface area contributed by atoms with Crippen LogP contribution in [-0.4, -0.2) is 36.4 Å². The summed E-state index contributed by atoms with van der Waals surface area (Å²) in [6, 6.07) is 17.2. The number of allylic oxidation sites excluding steroid dienone is 1. The quantitative estimate of drug-likeness (QED) is 0.700. The minimum Gasteiger partial charge on any atom is -0.356 e. The van der Waals surface area contributed by atoms with Gasteiger partial charge in [-0.1, -0.05) is 42.5 Å². The van der Waals surface area contributed by atoms with E-state index in [1.54, 1.807) is 0 Å². The Bertz CT molecular complexity index is 953. The predicted octanol–water partition coefficient (Wildman–Crippen LogP) is 4.65. The van der Waals surface area contributed by atoms with E-state index in [1.165, 1.54) is 22.5 Å². The van der Waals surface area contributed by atoms with Crippen LogP contribution in [0.25, 0.3) is 0 Å². The molecule has 0 aliphatic carbocycles. The predicted molar refractivity (Wildman–Crippen MR) is 118 cm³/mol. The summed E-state index contributed by atoms with van der Waals surface area (Å²) in [7, 11) is 3.96. The van der Waals surface area contributed by atoms with E-state index in [0.717, 1.165) is 31.5 Å². The maximum Gasteiger partial charge on any atom is 0.146 e. The maximum atomic E-state index is 11.8. The zero-order valence-electron chi connectivity index (χ0n) is 17.1. The normalized spacial score (nSPS) is 15.0. The smallest absolute Gasteiger partial charge is 0.146 e. The van der Waals surface area contributed by atoms with Gasteiger partial charge in [0.2, 0.25) is 0 Å². The highest BCUT2D eigenvalue weighted by Gasteiger charge is 2.21. The molecule has 0 spiro atoms. The topological polar surface area (TPSA) is 26.8 Å². The van der Waals surface area contributed by atoms with Crippen molar-refractivity contribution in [1.82, 2.24) is 9.80 Å². The third-order valence-electron chi connectivity index (χ3n) is 5.77. The van der Waals surface area contributed by atoms with E-state index < -0.39 is 0 Å². The van der Waals surface area contributed by atoms with Crippen molar-refractivity contribution in [1.29, 1.82) is 0 Å². The molecule has 148 valence electrons. The van der Waals surface area contributed by atoms with Crippen LogP contribution in [0.1, 0.15) is 24.0 Å². The Hall–Kier alpha value is -3.23. The Balaban J connectivity index is 1.60. The molecule has 29 heavy (non-hydrogen) atoms. The Morgan fingerprint density at radius 2 is 1.66 bits per heavy atom. The molecule has 2 aliphatic heterocycles. The van der Waals surface area contributed by atoms with Gasteiger partial charge < -0.3 is 14.7 Å². The molecular weight excluding hydrogens is 358 g/mol. The first-order valence-corrected chi connectivity index (χ1v) is 10.2. The zero-order valence-corrected chi connectivity index (χ0v) is 17.1. The number of nitrogens with zero attached hydrogens (tertiary/aromatic N) is 3. The summed E-state index contributed by atoms with van der Waals surface area (Å²) in [6.07, 6.45) is 9.72. The lowest BCUT2D eigenvalue weighted by Crippen LogP contribution is -2.26. The van der Waals surface area contributed by atoms with Gasteiger partial charge >= 0.3 is 0 Å². The largest absolute Gasteiger partial charge is 0.356 e. The molecule has 0 saturated heterocycles. The fraction of sp³-hybridized carbons (Fsp3) is 0.280. The summed E-state index contributed by atoms with van der Waals surface area (Å²) in [5, 5.41) is 0. The van der Waals surface area contributed by atoms with Crippen LogP contribution in [0.4, 0.5) is 11.4 Å². The second-order valence-corrected chi connectivity index (χ2v) is 7.64. The van der Waals surface area contributed by atoms with E-state index in [9.17, 15) is 4.79 Å². The Labute approximate surface area is 173 Å². The molecule has 4 rings (SSSR count). The van der Waals surface area contributed by atoms with Gasteiger partial charge in [-0.2, -0.15) is 0 Å². The van der Waals surface area contributed by atoms with Crippen LogP contribution in [-0.2, 0) is 17.6 Å². The van der Waals surface area contributed by atoms with E-state index in [0.29, 0.717) is 12.1 Å². The molecule has 2 aliphatic rings. The monoisotopic (exact) mass is 385 g/mol. The minimum absolute atomic E-state index is 0.632. The van der Waals surface area contributed by atoms with Crippen LogP contribution in [0.15, 0.2) is 78.4 Å². The highest BCUT2D eigenvalue weighted by molar-refractivity contribution is 5.71. The standard InChI is InChI=1S/C25H27N3O/c1-26-16-7-10-22(18-26)27(2)23(19-29)15-17-28-24-11-5-3-8-20(24)13-14-21-9-4-6-12-25(21)28/h3-9,11-12,16,18H,10,13-15,17H2,1-2H3. The van der Waals surface area contributed by atoms with E-state index >= 15 is 0 Å². The van der Waals surface area contributed by atoms with Crippen molar-refractivity contribution >= 4 is 17.3 Å². The molecule has 0 saturated carbocycles. The molecule has 0 aromatic heterocycles. The van der Waals surface area contributed by atoms with E-state index in [1.807, 2.05) is 30.1 Å². The summed E-state index contributed by atoms with van der Waals surface area (Å²) in [5.41, 5.74) is 6.98. The molecule has 0 bridgehead atoms. The van der Waals surface area contributed by atoms with Gasteiger partial charge in [-0.05, 0) is 42.3 Å². The van der Waals surface area contributed by atoms with Gasteiger partial charge in [-0.25, -0.2) is 4.79 Å². The van der Waals surface area contributed by atoms with Crippen LogP contribution in [0.3, 0.4) is 0 Å². The fourth-order valence-electron chi connectivity index (χ4n) is 4.18. The first kappa shape index (κ1) is 19.1. The van der Waals surface area contributed by atoms with Gasteiger partial charge in [0.1, 0.15) is 11.6 Å². The van der Waals surface area contributed by atoms with Crippen molar-refractivity contribution in [2.24, 2.45) is 0 Å². The van der Waals surface area contributed by atoms with Crippen molar-refractivity contribution in [3.8, 4) is 0 Å². The number of anilines is 2. The highest BCUT2D eigenvalue weighted by atomic mass is 16.1. The van der Waals surface area contributed by atoms with Gasteiger partial charge in [0.05, 0.1) is 0 Å². The average Bonchev–Trinajstić information content (AvgIpc) is 2.91. The number of carbonyl (C=O) groups excluding carboxylic acids is 1. The number of benzene rings is 2. The number of fused-ring (bicyclic) bond motifs is 2. The first-order chi connectivity index (χ1) is 14.2. The van der Waals surface area contributed by atoms with E-state index in [2.05, 4.69) is 71.6 Å². The Kier molecular flexibility index (Phi) is 5.55. The number of hydrogen-bond acceptors (Lipinski definition) is 4. The Morgan fingerprint density at radius 3 is 2.24 bits per heavy atom. The van der Waals surface area contributed by atoms with Crippen molar-refractivity contribution in [3.05, 3.63) is 89.5 Å².